The molecular weight excluding hydrogens is 676 g/mol. The third-order valence-corrected chi connectivity index (χ3v) is 9.22. The van der Waals surface area contributed by atoms with Crippen LogP contribution in [-0.4, -0.2) is 37.1 Å². The van der Waals surface area contributed by atoms with Crippen LogP contribution in [0.4, 0.5) is 5.69 Å². The average molecular weight is 708 g/mol. The first-order valence-electron chi connectivity index (χ1n) is 16.0. The fraction of sp³-hybridized carbons (Fsp3) is 0.100. The van der Waals surface area contributed by atoms with Crippen molar-refractivity contribution < 1.29 is 61.0 Å². The van der Waals surface area contributed by atoms with E-state index < -0.39 is 27.7 Å². The van der Waals surface area contributed by atoms with Crippen LogP contribution in [0.25, 0.3) is 44.6 Å². The molecule has 3 N–H and O–H groups in total. The maximum Gasteiger partial charge on any atom is 1.00 e. The second kappa shape index (κ2) is 15.5. The van der Waals surface area contributed by atoms with Crippen LogP contribution >= 0.6 is 0 Å². The normalized spacial score (nSPS) is 11.9. The Morgan fingerprint density at radius 2 is 1.22 bits per heavy atom. The zero-order valence-electron chi connectivity index (χ0n) is 27.7. The Labute approximate surface area is 316 Å². The predicted octanol–water partition coefficient (Wildman–Crippen LogP) is 5.10. The van der Waals surface area contributed by atoms with Crippen molar-refractivity contribution in [1.29, 1.82) is 0 Å². The summed E-state index contributed by atoms with van der Waals surface area (Å²) in [5.74, 6) is -0.363. The first-order valence-corrected chi connectivity index (χ1v) is 17.6. The Morgan fingerprint density at radius 3 is 1.75 bits per heavy atom. The number of para-hydroxylation sites is 2. The zero-order chi connectivity index (χ0) is 34.7. The van der Waals surface area contributed by atoms with Crippen LogP contribution in [0.1, 0.15) is 27.4 Å². The number of fused-ring (bicyclic) bond motifs is 2. The van der Waals surface area contributed by atoms with E-state index in [2.05, 4.69) is 10.6 Å². The van der Waals surface area contributed by atoms with Crippen LogP contribution in [0.5, 0.6) is 0 Å². The van der Waals surface area contributed by atoms with E-state index in [1.165, 1.54) is 0 Å². The van der Waals surface area contributed by atoms with E-state index in [0.717, 1.165) is 55.7 Å². The molecule has 0 aliphatic heterocycles. The Balaban J connectivity index is 0.00000448. The molecule has 0 bridgehead atoms. The standard InChI is InChI=1S/C40H32N2O7S.Na/c43-39(41-21-22-50(45,46)47)30-11-9-26(10-12-30)23-34(27-13-15-28(16-14-27)37-24-31-5-1-3-7-35(31)48-37)40(44)42-33-19-17-29(18-20-33)38-25-32-6-2-4-8-36(32)49-38;/h1-20,24-25,34H,21-23H2,(H,41,43)(H,42,44)(H,45,46,47);/q;+1. The molecule has 1 atom stereocenters. The fourth-order valence-corrected chi connectivity index (χ4v) is 6.22. The van der Waals surface area contributed by atoms with Gasteiger partial charge in [-0.25, -0.2) is 0 Å². The minimum absolute atomic E-state index is 0. The number of benzene rings is 5. The fourth-order valence-electron chi connectivity index (χ4n) is 5.86. The van der Waals surface area contributed by atoms with Crippen LogP contribution in [0, 0.1) is 0 Å². The van der Waals surface area contributed by atoms with Crippen LogP contribution in [-0.2, 0) is 21.3 Å². The number of carbonyl (C=O) groups excluding carboxylic acids is 2. The summed E-state index contributed by atoms with van der Waals surface area (Å²) in [7, 11) is -4.19. The van der Waals surface area contributed by atoms with Gasteiger partial charge in [0.05, 0.1) is 11.7 Å². The second-order valence-corrected chi connectivity index (χ2v) is 13.6. The summed E-state index contributed by atoms with van der Waals surface area (Å²) in [5, 5.41) is 7.57. The van der Waals surface area contributed by atoms with E-state index >= 15 is 0 Å². The maximum atomic E-state index is 14.0. The van der Waals surface area contributed by atoms with E-state index in [4.69, 9.17) is 13.4 Å². The van der Waals surface area contributed by atoms with Crippen molar-refractivity contribution in [2.24, 2.45) is 0 Å². The van der Waals surface area contributed by atoms with Crippen LogP contribution in [0.2, 0.25) is 0 Å². The topological polar surface area (TPSA) is 139 Å². The number of hydrogen-bond acceptors (Lipinski definition) is 6. The van der Waals surface area contributed by atoms with E-state index in [9.17, 15) is 18.0 Å². The predicted molar refractivity (Wildman–Crippen MR) is 194 cm³/mol. The first-order chi connectivity index (χ1) is 24.2. The van der Waals surface area contributed by atoms with Crippen LogP contribution < -0.4 is 40.2 Å². The molecule has 2 heterocycles. The van der Waals surface area contributed by atoms with Crippen molar-refractivity contribution >= 4 is 49.6 Å². The van der Waals surface area contributed by atoms with Gasteiger partial charge in [0.25, 0.3) is 16.0 Å². The van der Waals surface area contributed by atoms with Gasteiger partial charge in [-0.05, 0) is 78.2 Å². The summed E-state index contributed by atoms with van der Waals surface area (Å²) in [4.78, 5) is 26.5. The van der Waals surface area contributed by atoms with Crippen molar-refractivity contribution in [1.82, 2.24) is 5.32 Å². The summed E-state index contributed by atoms with van der Waals surface area (Å²) in [6.45, 7) is -0.217. The summed E-state index contributed by atoms with van der Waals surface area (Å²) in [6.07, 6.45) is 0.345. The number of anilines is 1. The summed E-state index contributed by atoms with van der Waals surface area (Å²) < 4.78 is 42.9. The number of nitrogens with one attached hydrogen (secondary N) is 2. The molecule has 7 rings (SSSR count). The molecule has 9 nitrogen and oxygen atoms in total. The third-order valence-electron chi connectivity index (χ3n) is 8.50. The van der Waals surface area contributed by atoms with Gasteiger partial charge >= 0.3 is 29.6 Å². The van der Waals surface area contributed by atoms with Crippen molar-refractivity contribution in [3.63, 3.8) is 0 Å². The zero-order valence-corrected chi connectivity index (χ0v) is 30.5. The van der Waals surface area contributed by atoms with Gasteiger partial charge in [0.15, 0.2) is 0 Å². The number of rotatable bonds is 11. The molecule has 250 valence electrons. The first kappa shape index (κ1) is 35.8. The van der Waals surface area contributed by atoms with E-state index in [0.29, 0.717) is 17.7 Å². The molecule has 5 aromatic carbocycles. The van der Waals surface area contributed by atoms with Gasteiger partial charge in [0, 0.05) is 39.7 Å². The van der Waals surface area contributed by atoms with E-state index in [1.807, 2.05) is 109 Å². The van der Waals surface area contributed by atoms with Gasteiger partial charge in [-0.1, -0.05) is 72.8 Å². The summed E-state index contributed by atoms with van der Waals surface area (Å²) in [5.41, 5.74) is 5.95. The van der Waals surface area contributed by atoms with E-state index in [-0.39, 0.29) is 42.0 Å². The summed E-state index contributed by atoms with van der Waals surface area (Å²) in [6, 6.07) is 41.6. The molecule has 1 unspecified atom stereocenters. The molecule has 0 fully saturated rings. The molecular formula is C40H32N2NaO7S+. The molecule has 0 aliphatic rings. The second-order valence-electron chi connectivity index (χ2n) is 12.0. The van der Waals surface area contributed by atoms with Gasteiger partial charge in [0.2, 0.25) is 5.91 Å². The number of amides is 2. The van der Waals surface area contributed by atoms with Crippen LogP contribution in [0.3, 0.4) is 0 Å². The average Bonchev–Trinajstić information content (AvgIpc) is 3.76. The Kier molecular flexibility index (Phi) is 10.9. The maximum absolute atomic E-state index is 14.0. The Bertz CT molecular complexity index is 2350. The molecule has 0 radical (unpaired) electrons. The molecule has 0 saturated carbocycles. The third kappa shape index (κ3) is 8.68. The Morgan fingerprint density at radius 1 is 0.686 bits per heavy atom. The molecule has 11 heteroatoms. The van der Waals surface area contributed by atoms with Gasteiger partial charge in [-0.3, -0.25) is 14.1 Å². The van der Waals surface area contributed by atoms with Gasteiger partial charge in [-0.2, -0.15) is 8.42 Å². The molecule has 2 aromatic heterocycles. The SMILES string of the molecule is O=C(NCCS(=O)(=O)O)c1ccc(CC(C(=O)Nc2ccc(-c3cc4ccccc4o3)cc2)c2ccc(-c3cc4ccccc4o3)cc2)cc1.[Na+]. The minimum Gasteiger partial charge on any atom is -0.456 e. The van der Waals surface area contributed by atoms with E-state index in [1.54, 1.807) is 24.3 Å². The van der Waals surface area contributed by atoms with Gasteiger partial charge in [-0.15, -0.1) is 0 Å². The quantitative estimate of drug-likeness (QED) is 0.126. The van der Waals surface area contributed by atoms with Crippen molar-refractivity contribution in [3.05, 3.63) is 150 Å². The molecule has 0 saturated heterocycles. The number of hydrogen-bond donors (Lipinski definition) is 3. The monoisotopic (exact) mass is 707 g/mol. The van der Waals surface area contributed by atoms with Crippen LogP contribution in [0.15, 0.2) is 142 Å². The number of furan rings is 2. The molecule has 7 aromatic rings. The molecule has 2 amide bonds. The van der Waals surface area contributed by atoms with Crippen molar-refractivity contribution in [3.8, 4) is 22.6 Å². The number of carbonyl (C=O) groups is 2. The van der Waals surface area contributed by atoms with Crippen molar-refractivity contribution in [2.75, 3.05) is 17.6 Å². The largest absolute Gasteiger partial charge is 1.00 e. The molecule has 0 aliphatic carbocycles. The van der Waals surface area contributed by atoms with Gasteiger partial charge < -0.3 is 19.5 Å². The van der Waals surface area contributed by atoms with Crippen molar-refractivity contribution in [2.45, 2.75) is 12.3 Å². The van der Waals surface area contributed by atoms with Gasteiger partial charge in [0.1, 0.15) is 22.7 Å². The molecule has 51 heavy (non-hydrogen) atoms. The summed E-state index contributed by atoms with van der Waals surface area (Å²) >= 11 is 0. The minimum atomic E-state index is -4.19. The Hall–Kier alpha value is -4.97. The molecule has 0 spiro atoms. The smallest absolute Gasteiger partial charge is 0.456 e.